The lowest BCUT2D eigenvalue weighted by Crippen LogP contribution is -2.42. The molecule has 0 spiro atoms. The van der Waals surface area contributed by atoms with Crippen LogP contribution in [0, 0.1) is 5.92 Å². The average Bonchev–Trinajstić information content (AvgIpc) is 3.02. The van der Waals surface area contributed by atoms with Gasteiger partial charge in [0.05, 0.1) is 12.0 Å². The van der Waals surface area contributed by atoms with Crippen LogP contribution < -0.4 is 0 Å². The summed E-state index contributed by atoms with van der Waals surface area (Å²) in [4.78, 5) is 13.0. The zero-order valence-electron chi connectivity index (χ0n) is 11.4. The van der Waals surface area contributed by atoms with Gasteiger partial charge >= 0.3 is 0 Å². The predicted octanol–water partition coefficient (Wildman–Crippen LogP) is 3.49. The van der Waals surface area contributed by atoms with Gasteiger partial charge < -0.3 is 4.74 Å². The molecule has 0 bridgehead atoms. The first-order valence-electron chi connectivity index (χ1n) is 7.50. The highest BCUT2D eigenvalue weighted by Gasteiger charge is 2.44. The minimum atomic E-state index is -0.224. The number of carbonyl (C=O) groups excluding carboxylic acids is 1. The van der Waals surface area contributed by atoms with Gasteiger partial charge in [0.15, 0.2) is 0 Å². The third kappa shape index (κ3) is 2.34. The maximum atomic E-state index is 13.0. The maximum absolute atomic E-state index is 13.0. The highest BCUT2D eigenvalue weighted by Crippen LogP contribution is 2.42. The third-order valence-corrected chi connectivity index (χ3v) is 4.81. The van der Waals surface area contributed by atoms with Gasteiger partial charge in [0.25, 0.3) is 0 Å². The van der Waals surface area contributed by atoms with E-state index in [1.165, 1.54) is 24.8 Å². The molecule has 1 heterocycles. The van der Waals surface area contributed by atoms with E-state index in [0.29, 0.717) is 12.4 Å². The molecule has 1 saturated heterocycles. The molecule has 1 aliphatic heterocycles. The maximum Gasteiger partial charge on any atom is 0.148 e. The molecule has 102 valence electrons. The summed E-state index contributed by atoms with van der Waals surface area (Å²) in [6, 6.07) is 10.4. The fourth-order valence-electron chi connectivity index (χ4n) is 3.72. The Bertz CT molecular complexity index is 426. The largest absolute Gasteiger partial charge is 0.381 e. The zero-order valence-corrected chi connectivity index (χ0v) is 11.4. The summed E-state index contributed by atoms with van der Waals surface area (Å²) in [7, 11) is 0. The van der Waals surface area contributed by atoms with Crippen LogP contribution in [0.5, 0.6) is 0 Å². The van der Waals surface area contributed by atoms with Crippen molar-refractivity contribution >= 4 is 5.78 Å². The summed E-state index contributed by atoms with van der Waals surface area (Å²) in [5.41, 5.74) is 1.00. The first-order chi connectivity index (χ1) is 9.33. The van der Waals surface area contributed by atoms with E-state index in [0.717, 1.165) is 25.9 Å². The Morgan fingerprint density at radius 3 is 2.47 bits per heavy atom. The van der Waals surface area contributed by atoms with Gasteiger partial charge in [-0.2, -0.15) is 0 Å². The number of hydrogen-bond donors (Lipinski definition) is 0. The molecule has 1 unspecified atom stereocenters. The van der Waals surface area contributed by atoms with Crippen LogP contribution >= 0.6 is 0 Å². The smallest absolute Gasteiger partial charge is 0.148 e. The van der Waals surface area contributed by atoms with Crippen molar-refractivity contribution in [2.24, 2.45) is 5.92 Å². The van der Waals surface area contributed by atoms with Gasteiger partial charge in [0.1, 0.15) is 5.78 Å². The minimum absolute atomic E-state index is 0.123. The second-order valence-electron chi connectivity index (χ2n) is 5.93. The Labute approximate surface area is 115 Å². The van der Waals surface area contributed by atoms with E-state index in [2.05, 4.69) is 24.3 Å². The first-order valence-corrected chi connectivity index (χ1v) is 7.50. The van der Waals surface area contributed by atoms with Crippen LogP contribution in [0.4, 0.5) is 0 Å². The van der Waals surface area contributed by atoms with E-state index < -0.39 is 0 Å². The number of ketones is 1. The fraction of sp³-hybridized carbons (Fsp3) is 0.588. The standard InChI is InChI=1S/C17H22O2/c18-16(14-9-12-19-13-14)17(10-5-2-6-11-17)15-7-3-1-4-8-15/h1,3-4,7-8,14H,2,5-6,9-13H2. The Balaban J connectivity index is 1.94. The van der Waals surface area contributed by atoms with E-state index >= 15 is 0 Å². The number of ether oxygens (including phenoxy) is 1. The monoisotopic (exact) mass is 258 g/mol. The topological polar surface area (TPSA) is 26.3 Å². The molecule has 1 aliphatic carbocycles. The summed E-state index contributed by atoms with van der Waals surface area (Å²) in [5, 5.41) is 0. The van der Waals surface area contributed by atoms with Gasteiger partial charge in [-0.15, -0.1) is 0 Å². The molecule has 1 atom stereocenters. The molecule has 0 aromatic heterocycles. The molecule has 1 aromatic carbocycles. The molecule has 1 aromatic rings. The molecule has 1 saturated carbocycles. The third-order valence-electron chi connectivity index (χ3n) is 4.81. The van der Waals surface area contributed by atoms with E-state index in [1.54, 1.807) is 0 Å². The molecule has 2 fully saturated rings. The van der Waals surface area contributed by atoms with Gasteiger partial charge in [-0.1, -0.05) is 49.6 Å². The average molecular weight is 258 g/mol. The van der Waals surface area contributed by atoms with Gasteiger partial charge in [-0.05, 0) is 24.8 Å². The number of rotatable bonds is 3. The molecule has 2 heteroatoms. The SMILES string of the molecule is O=C(C1CCOC1)C1(c2ccccc2)CCCCC1. The lowest BCUT2D eigenvalue weighted by Gasteiger charge is -2.38. The lowest BCUT2D eigenvalue weighted by molar-refractivity contribution is -0.129. The van der Waals surface area contributed by atoms with Crippen molar-refractivity contribution in [2.75, 3.05) is 13.2 Å². The van der Waals surface area contributed by atoms with E-state index in [-0.39, 0.29) is 11.3 Å². The number of benzene rings is 1. The van der Waals surface area contributed by atoms with Gasteiger partial charge in [0.2, 0.25) is 0 Å². The molecule has 2 aliphatic rings. The Kier molecular flexibility index (Phi) is 3.69. The van der Waals surface area contributed by atoms with Crippen LogP contribution in [-0.2, 0) is 14.9 Å². The molecule has 2 nitrogen and oxygen atoms in total. The molecule has 0 radical (unpaired) electrons. The Morgan fingerprint density at radius 1 is 1.11 bits per heavy atom. The van der Waals surface area contributed by atoms with E-state index in [1.807, 2.05) is 6.07 Å². The summed E-state index contributed by atoms with van der Waals surface area (Å²) in [6.07, 6.45) is 6.57. The Morgan fingerprint density at radius 2 is 1.84 bits per heavy atom. The number of hydrogen-bond acceptors (Lipinski definition) is 2. The van der Waals surface area contributed by atoms with Crippen molar-refractivity contribution in [1.29, 1.82) is 0 Å². The van der Waals surface area contributed by atoms with Crippen molar-refractivity contribution < 1.29 is 9.53 Å². The number of Topliss-reactive ketones (excluding diaryl/α,β-unsaturated/α-hetero) is 1. The van der Waals surface area contributed by atoms with E-state index in [4.69, 9.17) is 4.74 Å². The molecule has 0 N–H and O–H groups in total. The molecule has 19 heavy (non-hydrogen) atoms. The highest BCUT2D eigenvalue weighted by molar-refractivity contribution is 5.92. The minimum Gasteiger partial charge on any atom is -0.381 e. The van der Waals surface area contributed by atoms with Crippen LogP contribution in [0.15, 0.2) is 30.3 Å². The predicted molar refractivity (Wildman–Crippen MR) is 75.1 cm³/mol. The van der Waals surface area contributed by atoms with Crippen molar-refractivity contribution in [3.63, 3.8) is 0 Å². The van der Waals surface area contributed by atoms with Crippen LogP contribution in [0.1, 0.15) is 44.1 Å². The van der Waals surface area contributed by atoms with Gasteiger partial charge in [-0.3, -0.25) is 4.79 Å². The molecule has 3 rings (SSSR count). The Hall–Kier alpha value is -1.15. The van der Waals surface area contributed by atoms with Crippen LogP contribution in [0.2, 0.25) is 0 Å². The number of carbonyl (C=O) groups is 1. The van der Waals surface area contributed by atoms with E-state index in [9.17, 15) is 4.79 Å². The molecular weight excluding hydrogens is 236 g/mol. The van der Waals surface area contributed by atoms with Gasteiger partial charge in [-0.25, -0.2) is 0 Å². The zero-order chi connectivity index (χ0) is 13.1. The normalized spacial score (nSPS) is 26.2. The van der Waals surface area contributed by atoms with Crippen molar-refractivity contribution in [3.8, 4) is 0 Å². The molecule has 0 amide bonds. The van der Waals surface area contributed by atoms with Crippen molar-refractivity contribution in [2.45, 2.75) is 43.9 Å². The second-order valence-corrected chi connectivity index (χ2v) is 5.93. The summed E-state index contributed by atoms with van der Waals surface area (Å²) in [6.45, 7) is 1.38. The quantitative estimate of drug-likeness (QED) is 0.829. The van der Waals surface area contributed by atoms with Crippen LogP contribution in [0.3, 0.4) is 0 Å². The lowest BCUT2D eigenvalue weighted by atomic mass is 9.64. The van der Waals surface area contributed by atoms with Crippen molar-refractivity contribution in [1.82, 2.24) is 0 Å². The molecular formula is C17H22O2. The summed E-state index contributed by atoms with van der Waals surface area (Å²) in [5.74, 6) is 0.564. The van der Waals surface area contributed by atoms with Crippen molar-refractivity contribution in [3.05, 3.63) is 35.9 Å². The van der Waals surface area contributed by atoms with Gasteiger partial charge in [0, 0.05) is 12.5 Å². The first kappa shape index (κ1) is 12.9. The summed E-state index contributed by atoms with van der Waals surface area (Å²) >= 11 is 0. The fourth-order valence-corrected chi connectivity index (χ4v) is 3.72. The highest BCUT2D eigenvalue weighted by atomic mass is 16.5. The summed E-state index contributed by atoms with van der Waals surface area (Å²) < 4.78 is 5.43. The van der Waals surface area contributed by atoms with Crippen LogP contribution in [-0.4, -0.2) is 19.0 Å². The van der Waals surface area contributed by atoms with Crippen LogP contribution in [0.25, 0.3) is 0 Å². The second kappa shape index (κ2) is 5.46.